The van der Waals surface area contributed by atoms with Gasteiger partial charge >= 0.3 is 0 Å². The Morgan fingerprint density at radius 2 is 2.14 bits per heavy atom. The van der Waals surface area contributed by atoms with Crippen molar-refractivity contribution in [2.24, 2.45) is 5.92 Å². The number of anilines is 1. The van der Waals surface area contributed by atoms with Crippen molar-refractivity contribution in [3.05, 3.63) is 36.0 Å². The van der Waals surface area contributed by atoms with Gasteiger partial charge in [0.2, 0.25) is 17.7 Å². The van der Waals surface area contributed by atoms with Gasteiger partial charge in [-0.3, -0.25) is 9.59 Å². The molecule has 0 radical (unpaired) electrons. The molecule has 1 aromatic carbocycles. The van der Waals surface area contributed by atoms with Crippen LogP contribution in [-0.4, -0.2) is 47.1 Å². The highest BCUT2D eigenvalue weighted by Crippen LogP contribution is 2.40. The number of benzene rings is 1. The Morgan fingerprint density at radius 3 is 2.93 bits per heavy atom. The molecule has 2 saturated heterocycles. The van der Waals surface area contributed by atoms with Crippen LogP contribution in [0.25, 0.3) is 0 Å². The minimum atomic E-state index is -0.361. The molecule has 2 unspecified atom stereocenters. The molecular formula is C21H24N4O4. The summed E-state index contributed by atoms with van der Waals surface area (Å²) in [6, 6.07) is 7.19. The van der Waals surface area contributed by atoms with Crippen LogP contribution in [0.2, 0.25) is 0 Å². The SMILES string of the molecule is COc1cccc(N2CC(C(=O)N3CCCC3c3nc(C4CC4)no3)CC2=O)c1. The van der Waals surface area contributed by atoms with Crippen LogP contribution in [0.3, 0.4) is 0 Å². The van der Waals surface area contributed by atoms with E-state index in [1.807, 2.05) is 29.2 Å². The number of amides is 2. The van der Waals surface area contributed by atoms with Gasteiger partial charge in [-0.1, -0.05) is 11.2 Å². The maximum absolute atomic E-state index is 13.3. The number of carbonyl (C=O) groups excluding carboxylic acids is 2. The highest BCUT2D eigenvalue weighted by molar-refractivity contribution is 6.00. The Morgan fingerprint density at radius 1 is 1.28 bits per heavy atom. The Bertz CT molecular complexity index is 938. The van der Waals surface area contributed by atoms with Crippen LogP contribution < -0.4 is 9.64 Å². The Labute approximate surface area is 168 Å². The van der Waals surface area contributed by atoms with Crippen LogP contribution in [0.5, 0.6) is 5.75 Å². The summed E-state index contributed by atoms with van der Waals surface area (Å²) in [7, 11) is 1.59. The maximum atomic E-state index is 13.3. The number of ether oxygens (including phenoxy) is 1. The molecule has 8 nitrogen and oxygen atoms in total. The Hall–Kier alpha value is -2.90. The topological polar surface area (TPSA) is 88.8 Å². The van der Waals surface area contributed by atoms with Crippen LogP contribution in [0, 0.1) is 5.92 Å². The lowest BCUT2D eigenvalue weighted by atomic mass is 10.1. The van der Waals surface area contributed by atoms with Crippen molar-refractivity contribution < 1.29 is 18.8 Å². The van der Waals surface area contributed by atoms with E-state index in [2.05, 4.69) is 10.1 Å². The molecule has 0 spiro atoms. The van der Waals surface area contributed by atoms with Gasteiger partial charge in [0.05, 0.1) is 13.0 Å². The molecule has 5 rings (SSSR count). The van der Waals surface area contributed by atoms with E-state index in [4.69, 9.17) is 9.26 Å². The zero-order valence-corrected chi connectivity index (χ0v) is 16.4. The average Bonchev–Trinajstić information content (AvgIpc) is 3.14. The minimum Gasteiger partial charge on any atom is -0.497 e. The monoisotopic (exact) mass is 396 g/mol. The molecule has 152 valence electrons. The third kappa shape index (κ3) is 3.36. The largest absolute Gasteiger partial charge is 0.497 e. The molecular weight excluding hydrogens is 372 g/mol. The van der Waals surface area contributed by atoms with Gasteiger partial charge in [-0.25, -0.2) is 0 Å². The molecule has 2 amide bonds. The first kappa shape index (κ1) is 18.1. The van der Waals surface area contributed by atoms with Crippen LogP contribution >= 0.6 is 0 Å². The summed E-state index contributed by atoms with van der Waals surface area (Å²) in [6.07, 6.45) is 4.15. The first-order valence-electron chi connectivity index (χ1n) is 10.2. The molecule has 1 aromatic heterocycles. The van der Waals surface area contributed by atoms with Crippen molar-refractivity contribution in [2.75, 3.05) is 25.1 Å². The van der Waals surface area contributed by atoms with Crippen molar-refractivity contribution in [2.45, 2.75) is 44.1 Å². The second-order valence-electron chi connectivity index (χ2n) is 8.06. The summed E-state index contributed by atoms with van der Waals surface area (Å²) < 4.78 is 10.7. The van der Waals surface area contributed by atoms with E-state index in [1.165, 1.54) is 0 Å². The molecule has 3 heterocycles. The lowest BCUT2D eigenvalue weighted by molar-refractivity contribution is -0.137. The van der Waals surface area contributed by atoms with Crippen molar-refractivity contribution in [1.82, 2.24) is 15.0 Å². The van der Waals surface area contributed by atoms with Crippen LogP contribution in [0.4, 0.5) is 5.69 Å². The smallest absolute Gasteiger partial charge is 0.249 e. The fourth-order valence-electron chi connectivity index (χ4n) is 4.31. The summed E-state index contributed by atoms with van der Waals surface area (Å²) in [4.78, 5) is 33.9. The molecule has 2 aliphatic heterocycles. The van der Waals surface area contributed by atoms with Crippen LogP contribution in [0.15, 0.2) is 28.8 Å². The second-order valence-corrected chi connectivity index (χ2v) is 8.06. The number of hydrogen-bond acceptors (Lipinski definition) is 6. The van der Waals surface area contributed by atoms with Gasteiger partial charge in [0.25, 0.3) is 0 Å². The molecule has 0 bridgehead atoms. The number of rotatable bonds is 5. The molecule has 0 N–H and O–H groups in total. The van der Waals surface area contributed by atoms with Crippen molar-refractivity contribution in [1.29, 1.82) is 0 Å². The Balaban J connectivity index is 1.31. The van der Waals surface area contributed by atoms with E-state index in [1.54, 1.807) is 12.0 Å². The minimum absolute atomic E-state index is 0.00239. The van der Waals surface area contributed by atoms with E-state index in [0.717, 1.165) is 37.2 Å². The number of aromatic nitrogens is 2. The standard InChI is InChI=1S/C21H24N4O4/c1-28-16-5-2-4-15(11-16)25-12-14(10-18(25)26)21(27)24-9-3-6-17(24)20-22-19(23-29-20)13-7-8-13/h2,4-5,11,13-14,17H,3,6-10,12H2,1H3. The average molecular weight is 396 g/mol. The lowest BCUT2D eigenvalue weighted by Crippen LogP contribution is -2.37. The van der Waals surface area contributed by atoms with Crippen molar-refractivity contribution in [3.63, 3.8) is 0 Å². The summed E-state index contributed by atoms with van der Waals surface area (Å²) in [6.45, 7) is 1.04. The number of likely N-dealkylation sites (tertiary alicyclic amines) is 1. The zero-order chi connectivity index (χ0) is 20.0. The van der Waals surface area contributed by atoms with Gasteiger partial charge in [-0.15, -0.1) is 0 Å². The number of hydrogen-bond donors (Lipinski definition) is 0. The van der Waals surface area contributed by atoms with Gasteiger partial charge in [0.15, 0.2) is 5.82 Å². The summed E-state index contributed by atoms with van der Waals surface area (Å²) in [5.41, 5.74) is 0.758. The van der Waals surface area contributed by atoms with Gasteiger partial charge in [-0.2, -0.15) is 4.98 Å². The van der Waals surface area contributed by atoms with E-state index in [9.17, 15) is 9.59 Å². The zero-order valence-electron chi connectivity index (χ0n) is 16.4. The molecule has 2 aromatic rings. The third-order valence-corrected chi connectivity index (χ3v) is 6.06. The van der Waals surface area contributed by atoms with Crippen LogP contribution in [-0.2, 0) is 9.59 Å². The van der Waals surface area contributed by atoms with Crippen LogP contribution in [0.1, 0.15) is 55.8 Å². The number of nitrogens with zero attached hydrogens (tertiary/aromatic N) is 4. The second kappa shape index (κ2) is 7.17. The lowest BCUT2D eigenvalue weighted by Gasteiger charge is -2.25. The van der Waals surface area contributed by atoms with E-state index in [-0.39, 0.29) is 30.2 Å². The summed E-state index contributed by atoms with van der Waals surface area (Å²) >= 11 is 0. The molecule has 8 heteroatoms. The Kier molecular flexibility index (Phi) is 4.49. The third-order valence-electron chi connectivity index (χ3n) is 6.06. The fraction of sp³-hybridized carbons (Fsp3) is 0.524. The quantitative estimate of drug-likeness (QED) is 0.772. The van der Waals surface area contributed by atoms with Gasteiger partial charge in [-0.05, 0) is 37.8 Å². The first-order valence-corrected chi connectivity index (χ1v) is 10.2. The van der Waals surface area contributed by atoms with E-state index in [0.29, 0.717) is 30.6 Å². The predicted octanol–water partition coefficient (Wildman–Crippen LogP) is 2.67. The molecule has 1 saturated carbocycles. The van der Waals surface area contributed by atoms with Crippen molar-refractivity contribution >= 4 is 17.5 Å². The highest BCUT2D eigenvalue weighted by atomic mass is 16.5. The fourth-order valence-corrected chi connectivity index (χ4v) is 4.31. The molecule has 1 aliphatic carbocycles. The molecule has 3 aliphatic rings. The van der Waals surface area contributed by atoms with Gasteiger partial charge in [0, 0.05) is 37.2 Å². The first-order chi connectivity index (χ1) is 14.1. The van der Waals surface area contributed by atoms with Crippen molar-refractivity contribution in [3.8, 4) is 5.75 Å². The normalized spacial score (nSPS) is 24.4. The summed E-state index contributed by atoms with van der Waals surface area (Å²) in [5, 5.41) is 4.10. The molecule has 3 fully saturated rings. The van der Waals surface area contributed by atoms with Gasteiger partial charge < -0.3 is 19.1 Å². The highest BCUT2D eigenvalue weighted by Gasteiger charge is 2.42. The number of carbonyl (C=O) groups is 2. The number of methoxy groups -OCH3 is 1. The van der Waals surface area contributed by atoms with Gasteiger partial charge in [0.1, 0.15) is 11.8 Å². The predicted molar refractivity (Wildman–Crippen MR) is 103 cm³/mol. The summed E-state index contributed by atoms with van der Waals surface area (Å²) in [5.74, 6) is 2.00. The van der Waals surface area contributed by atoms with E-state index < -0.39 is 0 Å². The molecule has 2 atom stereocenters. The maximum Gasteiger partial charge on any atom is 0.249 e. The van der Waals surface area contributed by atoms with E-state index >= 15 is 0 Å². The molecule has 29 heavy (non-hydrogen) atoms.